The molecule has 1 fully saturated rings. The molecule has 0 spiro atoms. The van der Waals surface area contributed by atoms with Crippen molar-refractivity contribution in [1.29, 1.82) is 0 Å². The maximum Gasteiger partial charge on any atom is 0.213 e. The Kier molecular flexibility index (Phi) is 4.80. The summed E-state index contributed by atoms with van der Waals surface area (Å²) in [4.78, 5) is 4.36. The maximum absolute atomic E-state index is 5.94. The molecule has 0 radical (unpaired) electrons. The minimum Gasteiger partial charge on any atom is -0.474 e. The summed E-state index contributed by atoms with van der Waals surface area (Å²) >= 11 is 0. The van der Waals surface area contributed by atoms with Crippen molar-refractivity contribution in [2.45, 2.75) is 51.2 Å². The van der Waals surface area contributed by atoms with E-state index < -0.39 is 0 Å². The van der Waals surface area contributed by atoms with Gasteiger partial charge in [-0.25, -0.2) is 4.98 Å². The lowest BCUT2D eigenvalue weighted by Crippen LogP contribution is -2.16. The number of ether oxygens (including phenoxy) is 1. The normalized spacial score (nSPS) is 17.7. The van der Waals surface area contributed by atoms with E-state index in [4.69, 9.17) is 4.74 Å². The molecule has 1 aliphatic rings. The monoisotopic (exact) mass is 234 g/mol. The van der Waals surface area contributed by atoms with Crippen molar-refractivity contribution in [3.05, 3.63) is 23.9 Å². The summed E-state index contributed by atoms with van der Waals surface area (Å²) in [7, 11) is 1.94. The molecule has 1 saturated carbocycles. The highest BCUT2D eigenvalue weighted by atomic mass is 16.5. The van der Waals surface area contributed by atoms with Crippen LogP contribution in [0.1, 0.15) is 44.1 Å². The predicted molar refractivity (Wildman–Crippen MR) is 69.1 cm³/mol. The molecule has 0 amide bonds. The second-order valence-electron chi connectivity index (χ2n) is 4.77. The van der Waals surface area contributed by atoms with Crippen LogP contribution in [0.2, 0.25) is 0 Å². The first-order valence-corrected chi connectivity index (χ1v) is 6.64. The standard InChI is InChI=1S/C14H22N2O/c1-15-10-12-8-9-14(16-11-12)17-13-6-4-2-3-5-7-13/h8-9,11,13,15H,2-7,10H2,1H3. The van der Waals surface area contributed by atoms with Crippen LogP contribution in [0.5, 0.6) is 5.88 Å². The van der Waals surface area contributed by atoms with Crippen molar-refractivity contribution in [2.24, 2.45) is 0 Å². The molecule has 0 bridgehead atoms. The predicted octanol–water partition coefficient (Wildman–Crippen LogP) is 2.90. The molecule has 1 heterocycles. The Labute approximate surface area is 104 Å². The van der Waals surface area contributed by atoms with E-state index >= 15 is 0 Å². The van der Waals surface area contributed by atoms with Crippen molar-refractivity contribution >= 4 is 0 Å². The fourth-order valence-electron chi connectivity index (χ4n) is 2.32. The van der Waals surface area contributed by atoms with E-state index in [0.717, 1.165) is 12.4 Å². The van der Waals surface area contributed by atoms with Crippen LogP contribution in [0.15, 0.2) is 18.3 Å². The van der Waals surface area contributed by atoms with Crippen LogP contribution in [0.3, 0.4) is 0 Å². The molecular formula is C14H22N2O. The Balaban J connectivity index is 1.88. The number of nitrogens with zero attached hydrogens (tertiary/aromatic N) is 1. The minimum absolute atomic E-state index is 0.375. The summed E-state index contributed by atoms with van der Waals surface area (Å²) in [6.07, 6.45) is 9.93. The summed E-state index contributed by atoms with van der Waals surface area (Å²) < 4.78 is 5.94. The van der Waals surface area contributed by atoms with Gasteiger partial charge >= 0.3 is 0 Å². The van der Waals surface area contributed by atoms with Crippen LogP contribution in [-0.4, -0.2) is 18.1 Å². The molecule has 0 aliphatic heterocycles. The van der Waals surface area contributed by atoms with Crippen molar-refractivity contribution in [3.63, 3.8) is 0 Å². The van der Waals surface area contributed by atoms with E-state index in [-0.39, 0.29) is 0 Å². The van der Waals surface area contributed by atoms with E-state index in [1.54, 1.807) is 0 Å². The van der Waals surface area contributed by atoms with Gasteiger partial charge in [0, 0.05) is 18.8 Å². The molecular weight excluding hydrogens is 212 g/mol. The number of nitrogens with one attached hydrogen (secondary N) is 1. The minimum atomic E-state index is 0.375. The first kappa shape index (κ1) is 12.4. The summed E-state index contributed by atoms with van der Waals surface area (Å²) in [5, 5.41) is 3.11. The molecule has 2 rings (SSSR count). The summed E-state index contributed by atoms with van der Waals surface area (Å²) in [5.74, 6) is 0.775. The van der Waals surface area contributed by atoms with Gasteiger partial charge in [0.2, 0.25) is 5.88 Å². The van der Waals surface area contributed by atoms with Gasteiger partial charge in [-0.3, -0.25) is 0 Å². The molecule has 17 heavy (non-hydrogen) atoms. The van der Waals surface area contributed by atoms with Gasteiger partial charge in [-0.05, 0) is 38.3 Å². The van der Waals surface area contributed by atoms with Crippen molar-refractivity contribution in [3.8, 4) is 5.88 Å². The fourth-order valence-corrected chi connectivity index (χ4v) is 2.32. The van der Waals surface area contributed by atoms with E-state index in [1.165, 1.54) is 44.1 Å². The Bertz CT molecular complexity index is 315. The second kappa shape index (κ2) is 6.60. The van der Waals surface area contributed by atoms with E-state index in [9.17, 15) is 0 Å². The highest BCUT2D eigenvalue weighted by Gasteiger charge is 2.13. The molecule has 0 unspecified atom stereocenters. The third-order valence-corrected chi connectivity index (χ3v) is 3.27. The first-order valence-electron chi connectivity index (χ1n) is 6.64. The number of aromatic nitrogens is 1. The molecule has 0 saturated heterocycles. The van der Waals surface area contributed by atoms with Crippen LogP contribution in [0, 0.1) is 0 Å². The molecule has 0 aromatic carbocycles. The van der Waals surface area contributed by atoms with E-state index in [1.807, 2.05) is 19.3 Å². The van der Waals surface area contributed by atoms with Gasteiger partial charge in [0.15, 0.2) is 0 Å². The topological polar surface area (TPSA) is 34.1 Å². The Hall–Kier alpha value is -1.09. The quantitative estimate of drug-likeness (QED) is 0.813. The van der Waals surface area contributed by atoms with Crippen molar-refractivity contribution < 1.29 is 4.74 Å². The zero-order chi connectivity index (χ0) is 11.9. The van der Waals surface area contributed by atoms with Crippen molar-refractivity contribution in [1.82, 2.24) is 10.3 Å². The number of pyridine rings is 1. The number of hydrogen-bond donors (Lipinski definition) is 1. The van der Waals surface area contributed by atoms with Crippen LogP contribution in [0.25, 0.3) is 0 Å². The van der Waals surface area contributed by atoms with Crippen molar-refractivity contribution in [2.75, 3.05) is 7.05 Å². The van der Waals surface area contributed by atoms with Gasteiger partial charge in [-0.2, -0.15) is 0 Å². The second-order valence-corrected chi connectivity index (χ2v) is 4.77. The van der Waals surface area contributed by atoms with Crippen LogP contribution < -0.4 is 10.1 Å². The largest absolute Gasteiger partial charge is 0.474 e. The maximum atomic E-state index is 5.94. The van der Waals surface area contributed by atoms with Gasteiger partial charge < -0.3 is 10.1 Å². The average Bonchev–Trinajstić information content (AvgIpc) is 2.61. The molecule has 1 N–H and O–H groups in total. The van der Waals surface area contributed by atoms with Gasteiger partial charge in [0.25, 0.3) is 0 Å². The summed E-state index contributed by atoms with van der Waals surface area (Å²) in [5.41, 5.74) is 1.20. The van der Waals surface area contributed by atoms with Crippen LogP contribution in [-0.2, 0) is 6.54 Å². The first-order chi connectivity index (χ1) is 8.38. The molecule has 94 valence electrons. The summed E-state index contributed by atoms with van der Waals surface area (Å²) in [6.45, 7) is 0.858. The number of rotatable bonds is 4. The van der Waals surface area contributed by atoms with Crippen LogP contribution in [0.4, 0.5) is 0 Å². The third kappa shape index (κ3) is 4.00. The lowest BCUT2D eigenvalue weighted by Gasteiger charge is -2.16. The third-order valence-electron chi connectivity index (χ3n) is 3.27. The average molecular weight is 234 g/mol. The molecule has 1 aromatic heterocycles. The fraction of sp³-hybridized carbons (Fsp3) is 0.643. The lowest BCUT2D eigenvalue weighted by molar-refractivity contribution is 0.176. The highest BCUT2D eigenvalue weighted by Crippen LogP contribution is 2.21. The van der Waals surface area contributed by atoms with E-state index in [0.29, 0.717) is 6.10 Å². The van der Waals surface area contributed by atoms with E-state index in [2.05, 4.69) is 16.4 Å². The van der Waals surface area contributed by atoms with Crippen LogP contribution >= 0.6 is 0 Å². The Morgan fingerprint density at radius 3 is 2.59 bits per heavy atom. The molecule has 1 aliphatic carbocycles. The lowest BCUT2D eigenvalue weighted by atomic mass is 10.1. The highest BCUT2D eigenvalue weighted by molar-refractivity contribution is 5.17. The molecule has 3 heteroatoms. The zero-order valence-electron chi connectivity index (χ0n) is 10.6. The Morgan fingerprint density at radius 1 is 1.24 bits per heavy atom. The number of hydrogen-bond acceptors (Lipinski definition) is 3. The van der Waals surface area contributed by atoms with Gasteiger partial charge in [0.05, 0.1) is 0 Å². The summed E-state index contributed by atoms with van der Waals surface area (Å²) in [6, 6.07) is 4.06. The molecule has 1 aromatic rings. The van der Waals surface area contributed by atoms with Gasteiger partial charge in [-0.1, -0.05) is 18.9 Å². The molecule has 0 atom stereocenters. The smallest absolute Gasteiger partial charge is 0.213 e. The zero-order valence-corrected chi connectivity index (χ0v) is 10.6. The van der Waals surface area contributed by atoms with Gasteiger partial charge in [0.1, 0.15) is 6.10 Å². The van der Waals surface area contributed by atoms with Gasteiger partial charge in [-0.15, -0.1) is 0 Å². The SMILES string of the molecule is CNCc1ccc(OC2CCCCCC2)nc1. The Morgan fingerprint density at radius 2 is 2.00 bits per heavy atom. The molecule has 3 nitrogen and oxygen atoms in total.